The van der Waals surface area contributed by atoms with E-state index in [1.165, 1.54) is 11.3 Å². The van der Waals surface area contributed by atoms with Crippen LogP contribution in [0.3, 0.4) is 0 Å². The monoisotopic (exact) mass is 260 g/mol. The van der Waals surface area contributed by atoms with Crippen molar-refractivity contribution in [2.24, 2.45) is 5.41 Å². The maximum atomic E-state index is 12.5. The fraction of sp³-hybridized carbons (Fsp3) is 0.286. The first-order valence-corrected chi connectivity index (χ1v) is 6.77. The average Bonchev–Trinajstić information content (AvgIpc) is 2.70. The van der Waals surface area contributed by atoms with Gasteiger partial charge < -0.3 is 5.11 Å². The standard InChI is InChI=1S/C14H12O3S/c15-12(14(13(16)17)6-3-7-14)10-8-18-11-5-2-1-4-9(10)11/h1-2,4-5,8H,3,6-7H2,(H,16,17). The zero-order valence-corrected chi connectivity index (χ0v) is 10.5. The Morgan fingerprint density at radius 2 is 1.94 bits per heavy atom. The Morgan fingerprint density at radius 3 is 2.56 bits per heavy atom. The van der Waals surface area contributed by atoms with E-state index in [0.29, 0.717) is 18.4 Å². The van der Waals surface area contributed by atoms with Crippen molar-refractivity contribution in [2.45, 2.75) is 19.3 Å². The molecule has 0 amide bonds. The number of fused-ring (bicyclic) bond motifs is 1. The first-order valence-electron chi connectivity index (χ1n) is 5.89. The third kappa shape index (κ3) is 1.42. The highest BCUT2D eigenvalue weighted by Gasteiger charge is 2.51. The number of benzene rings is 1. The van der Waals surface area contributed by atoms with Crippen LogP contribution in [0.5, 0.6) is 0 Å². The highest BCUT2D eigenvalue weighted by molar-refractivity contribution is 7.17. The summed E-state index contributed by atoms with van der Waals surface area (Å²) < 4.78 is 1.03. The van der Waals surface area contributed by atoms with Crippen molar-refractivity contribution in [2.75, 3.05) is 0 Å². The van der Waals surface area contributed by atoms with Gasteiger partial charge in [0.1, 0.15) is 5.41 Å². The number of carboxylic acid groups (broad SMARTS) is 1. The van der Waals surface area contributed by atoms with Gasteiger partial charge in [0.2, 0.25) is 0 Å². The second-order valence-corrected chi connectivity index (χ2v) is 5.63. The van der Waals surface area contributed by atoms with Crippen LogP contribution in [-0.4, -0.2) is 16.9 Å². The molecule has 1 aliphatic rings. The fourth-order valence-corrected chi connectivity index (χ4v) is 3.42. The molecule has 0 atom stereocenters. The third-order valence-corrected chi connectivity index (χ3v) is 4.74. The Balaban J connectivity index is 2.10. The summed E-state index contributed by atoms with van der Waals surface area (Å²) in [4.78, 5) is 23.9. The topological polar surface area (TPSA) is 54.4 Å². The van der Waals surface area contributed by atoms with Gasteiger partial charge in [-0.3, -0.25) is 9.59 Å². The van der Waals surface area contributed by atoms with Gasteiger partial charge in [-0.1, -0.05) is 24.6 Å². The number of hydrogen-bond donors (Lipinski definition) is 1. The van der Waals surface area contributed by atoms with Gasteiger partial charge in [-0.25, -0.2) is 0 Å². The van der Waals surface area contributed by atoms with E-state index in [4.69, 9.17) is 0 Å². The maximum absolute atomic E-state index is 12.5. The predicted molar refractivity (Wildman–Crippen MR) is 70.1 cm³/mol. The van der Waals surface area contributed by atoms with Crippen molar-refractivity contribution in [3.8, 4) is 0 Å². The van der Waals surface area contributed by atoms with E-state index in [1.807, 2.05) is 24.3 Å². The van der Waals surface area contributed by atoms with Gasteiger partial charge in [0.05, 0.1) is 0 Å². The first-order chi connectivity index (χ1) is 8.65. The minimum absolute atomic E-state index is 0.223. The predicted octanol–water partition coefficient (Wildman–Crippen LogP) is 3.34. The van der Waals surface area contributed by atoms with Crippen molar-refractivity contribution in [3.63, 3.8) is 0 Å². The van der Waals surface area contributed by atoms with Crippen LogP contribution >= 0.6 is 11.3 Å². The summed E-state index contributed by atoms with van der Waals surface area (Å²) in [6.07, 6.45) is 1.75. The molecule has 18 heavy (non-hydrogen) atoms. The molecule has 0 spiro atoms. The molecule has 0 aliphatic heterocycles. The molecule has 4 heteroatoms. The van der Waals surface area contributed by atoms with Crippen LogP contribution < -0.4 is 0 Å². The SMILES string of the molecule is O=C(O)C1(C(=O)c2csc3ccccc23)CCC1. The molecular weight excluding hydrogens is 248 g/mol. The van der Waals surface area contributed by atoms with Crippen molar-refractivity contribution < 1.29 is 14.7 Å². The largest absolute Gasteiger partial charge is 0.480 e. The van der Waals surface area contributed by atoms with E-state index in [-0.39, 0.29) is 5.78 Å². The van der Waals surface area contributed by atoms with Gasteiger partial charge in [-0.05, 0) is 18.9 Å². The van der Waals surface area contributed by atoms with E-state index in [2.05, 4.69) is 0 Å². The number of Topliss-reactive ketones (excluding diaryl/α,β-unsaturated/α-hetero) is 1. The minimum atomic E-state index is -1.16. The van der Waals surface area contributed by atoms with Gasteiger partial charge in [0, 0.05) is 21.0 Å². The number of aliphatic carboxylic acids is 1. The number of hydrogen-bond acceptors (Lipinski definition) is 3. The summed E-state index contributed by atoms with van der Waals surface area (Å²) >= 11 is 1.49. The molecule has 92 valence electrons. The zero-order valence-electron chi connectivity index (χ0n) is 9.68. The van der Waals surface area contributed by atoms with Crippen LogP contribution in [0.25, 0.3) is 10.1 Å². The van der Waals surface area contributed by atoms with Gasteiger partial charge in [0.15, 0.2) is 5.78 Å². The molecule has 1 aromatic carbocycles. The molecular formula is C14H12O3S. The molecule has 3 rings (SSSR count). The Labute approximate surface area is 108 Å². The maximum Gasteiger partial charge on any atom is 0.317 e. The number of carbonyl (C=O) groups is 2. The molecule has 1 aromatic heterocycles. The highest BCUT2D eigenvalue weighted by atomic mass is 32.1. The molecule has 1 aliphatic carbocycles. The zero-order chi connectivity index (χ0) is 12.8. The van der Waals surface area contributed by atoms with Crippen molar-refractivity contribution in [3.05, 3.63) is 35.2 Å². The number of thiophene rings is 1. The number of carboxylic acids is 1. The second-order valence-electron chi connectivity index (χ2n) is 4.72. The quantitative estimate of drug-likeness (QED) is 0.680. The number of carbonyl (C=O) groups excluding carboxylic acids is 1. The Kier molecular flexibility index (Phi) is 2.48. The van der Waals surface area contributed by atoms with Gasteiger partial charge >= 0.3 is 5.97 Å². The number of ketones is 1. The second kappa shape index (κ2) is 3.92. The number of rotatable bonds is 3. The molecule has 0 unspecified atom stereocenters. The summed E-state index contributed by atoms with van der Waals surface area (Å²) in [5.74, 6) is -1.20. The van der Waals surface area contributed by atoms with E-state index in [9.17, 15) is 14.7 Å². The van der Waals surface area contributed by atoms with Gasteiger partial charge in [-0.15, -0.1) is 11.3 Å². The summed E-state index contributed by atoms with van der Waals surface area (Å²) in [5.41, 5.74) is -0.596. The Hall–Kier alpha value is -1.68. The van der Waals surface area contributed by atoms with E-state index in [0.717, 1.165) is 16.5 Å². The van der Waals surface area contributed by atoms with Crippen LogP contribution in [0, 0.1) is 5.41 Å². The van der Waals surface area contributed by atoms with Crippen LogP contribution in [0.2, 0.25) is 0 Å². The summed E-state index contributed by atoms with van der Waals surface area (Å²) in [7, 11) is 0. The average molecular weight is 260 g/mol. The smallest absolute Gasteiger partial charge is 0.317 e. The van der Waals surface area contributed by atoms with Gasteiger partial charge in [0.25, 0.3) is 0 Å². The van der Waals surface area contributed by atoms with Crippen molar-refractivity contribution in [1.82, 2.24) is 0 Å². The Morgan fingerprint density at radius 1 is 1.22 bits per heavy atom. The van der Waals surface area contributed by atoms with E-state index < -0.39 is 11.4 Å². The highest BCUT2D eigenvalue weighted by Crippen LogP contribution is 2.45. The fourth-order valence-electron chi connectivity index (χ4n) is 2.48. The van der Waals surface area contributed by atoms with E-state index in [1.54, 1.807) is 5.38 Å². The van der Waals surface area contributed by atoms with Crippen molar-refractivity contribution >= 4 is 33.2 Å². The lowest BCUT2D eigenvalue weighted by Gasteiger charge is -2.35. The lowest BCUT2D eigenvalue weighted by Crippen LogP contribution is -2.45. The molecule has 0 radical (unpaired) electrons. The molecule has 2 aromatic rings. The lowest BCUT2D eigenvalue weighted by molar-refractivity contribution is -0.150. The lowest BCUT2D eigenvalue weighted by atomic mass is 9.64. The summed E-state index contributed by atoms with van der Waals surface area (Å²) in [6, 6.07) is 7.63. The Bertz CT molecular complexity index is 637. The minimum Gasteiger partial charge on any atom is -0.480 e. The molecule has 1 fully saturated rings. The van der Waals surface area contributed by atoms with Crippen LogP contribution in [0.15, 0.2) is 29.6 Å². The van der Waals surface area contributed by atoms with Crippen LogP contribution in [0.1, 0.15) is 29.6 Å². The van der Waals surface area contributed by atoms with Crippen LogP contribution in [0.4, 0.5) is 0 Å². The molecule has 1 N–H and O–H groups in total. The normalized spacial score (nSPS) is 17.3. The summed E-state index contributed by atoms with van der Waals surface area (Å²) in [5, 5.41) is 12.0. The molecule has 0 bridgehead atoms. The van der Waals surface area contributed by atoms with Crippen LogP contribution in [-0.2, 0) is 4.79 Å². The van der Waals surface area contributed by atoms with Crippen molar-refractivity contribution in [1.29, 1.82) is 0 Å². The summed E-state index contributed by atoms with van der Waals surface area (Å²) in [6.45, 7) is 0. The van der Waals surface area contributed by atoms with Gasteiger partial charge in [-0.2, -0.15) is 0 Å². The molecule has 0 saturated heterocycles. The molecule has 1 saturated carbocycles. The third-order valence-electron chi connectivity index (χ3n) is 3.78. The molecule has 3 nitrogen and oxygen atoms in total. The van der Waals surface area contributed by atoms with E-state index >= 15 is 0 Å². The molecule has 1 heterocycles. The first kappa shape index (κ1) is 11.4.